The minimum Gasteiger partial charge on any atom is -0.439 e. The van der Waals surface area contributed by atoms with Crippen LogP contribution in [0.3, 0.4) is 0 Å². The van der Waals surface area contributed by atoms with Gasteiger partial charge in [0.2, 0.25) is 11.8 Å². The van der Waals surface area contributed by atoms with Crippen LogP contribution in [0.25, 0.3) is 0 Å². The van der Waals surface area contributed by atoms with E-state index >= 15 is 0 Å². The van der Waals surface area contributed by atoms with Crippen molar-refractivity contribution < 1.29 is 13.9 Å². The Kier molecular flexibility index (Phi) is 5.27. The highest BCUT2D eigenvalue weighted by atomic mass is 19.1. The van der Waals surface area contributed by atoms with Gasteiger partial charge in [0.05, 0.1) is 0 Å². The Balaban J connectivity index is 1.60. The summed E-state index contributed by atoms with van der Waals surface area (Å²) in [6.45, 7) is 1.49. The summed E-state index contributed by atoms with van der Waals surface area (Å²) in [6.07, 6.45) is 3.27. The van der Waals surface area contributed by atoms with E-state index < -0.39 is 0 Å². The Morgan fingerprint density at radius 2 is 1.96 bits per heavy atom. The second kappa shape index (κ2) is 7.78. The summed E-state index contributed by atoms with van der Waals surface area (Å²) < 4.78 is 18.6. The first-order valence-corrected chi connectivity index (χ1v) is 8.13. The van der Waals surface area contributed by atoms with E-state index in [1.165, 1.54) is 12.1 Å². The van der Waals surface area contributed by atoms with Crippen LogP contribution in [0.2, 0.25) is 0 Å². The summed E-state index contributed by atoms with van der Waals surface area (Å²) in [5.41, 5.74) is 0. The van der Waals surface area contributed by atoms with E-state index in [1.54, 1.807) is 31.4 Å². The van der Waals surface area contributed by atoms with Gasteiger partial charge in [-0.15, -0.1) is 0 Å². The van der Waals surface area contributed by atoms with Crippen LogP contribution in [0.5, 0.6) is 11.6 Å². The zero-order valence-corrected chi connectivity index (χ0v) is 13.9. The molecular formula is C17H20FN5O2. The van der Waals surface area contributed by atoms with E-state index in [1.807, 2.05) is 0 Å². The molecule has 0 bridgehead atoms. The van der Waals surface area contributed by atoms with Crippen LogP contribution in [0.15, 0.2) is 36.5 Å². The molecule has 1 aliphatic rings. The fourth-order valence-corrected chi connectivity index (χ4v) is 2.65. The number of amides is 2. The van der Waals surface area contributed by atoms with Gasteiger partial charge in [-0.3, -0.25) is 0 Å². The summed E-state index contributed by atoms with van der Waals surface area (Å²) in [5.74, 6) is 1.18. The van der Waals surface area contributed by atoms with E-state index in [0.717, 1.165) is 25.9 Å². The number of benzene rings is 1. The van der Waals surface area contributed by atoms with Gasteiger partial charge >= 0.3 is 6.03 Å². The SMILES string of the molecule is CNC(=O)NC1CCN(c2nccc(Oc3ccc(F)cc3)n2)CC1. The molecule has 0 saturated carbocycles. The van der Waals surface area contributed by atoms with E-state index in [2.05, 4.69) is 25.5 Å². The number of nitrogens with zero attached hydrogens (tertiary/aromatic N) is 3. The molecule has 25 heavy (non-hydrogen) atoms. The molecule has 0 aliphatic carbocycles. The Labute approximate surface area is 145 Å². The smallest absolute Gasteiger partial charge is 0.314 e. The van der Waals surface area contributed by atoms with Crippen molar-refractivity contribution in [2.75, 3.05) is 25.0 Å². The van der Waals surface area contributed by atoms with Crippen molar-refractivity contribution in [1.29, 1.82) is 0 Å². The third kappa shape index (κ3) is 4.56. The molecule has 1 saturated heterocycles. The molecule has 1 aromatic carbocycles. The van der Waals surface area contributed by atoms with Crippen LogP contribution in [0.1, 0.15) is 12.8 Å². The Morgan fingerprint density at radius 1 is 1.24 bits per heavy atom. The lowest BCUT2D eigenvalue weighted by Gasteiger charge is -2.32. The Bertz CT molecular complexity index is 717. The van der Waals surface area contributed by atoms with Crippen LogP contribution in [0, 0.1) is 5.82 Å². The number of anilines is 1. The standard InChI is InChI=1S/C17H20FN5O2/c1-19-17(24)21-13-7-10-23(11-8-13)16-20-9-6-15(22-16)25-14-4-2-12(18)3-5-14/h2-6,9,13H,7-8,10-11H2,1H3,(H2,19,21,24). The molecule has 0 radical (unpaired) electrons. The number of halogens is 1. The third-order valence-electron chi connectivity index (χ3n) is 3.99. The lowest BCUT2D eigenvalue weighted by molar-refractivity contribution is 0.236. The van der Waals surface area contributed by atoms with Gasteiger partial charge in [-0.25, -0.2) is 14.2 Å². The minimum absolute atomic E-state index is 0.148. The van der Waals surface area contributed by atoms with Crippen molar-refractivity contribution in [1.82, 2.24) is 20.6 Å². The van der Waals surface area contributed by atoms with Crippen molar-refractivity contribution in [2.45, 2.75) is 18.9 Å². The number of hydrogen-bond donors (Lipinski definition) is 2. The van der Waals surface area contributed by atoms with Gasteiger partial charge < -0.3 is 20.3 Å². The molecule has 2 heterocycles. The molecule has 1 aromatic heterocycles. The molecule has 3 rings (SSSR count). The fraction of sp³-hybridized carbons (Fsp3) is 0.353. The number of nitrogens with one attached hydrogen (secondary N) is 2. The zero-order chi connectivity index (χ0) is 17.6. The first kappa shape index (κ1) is 16.9. The molecule has 0 spiro atoms. The first-order valence-electron chi connectivity index (χ1n) is 8.13. The Morgan fingerprint density at radius 3 is 2.64 bits per heavy atom. The molecule has 0 unspecified atom stereocenters. The third-order valence-corrected chi connectivity index (χ3v) is 3.99. The number of aromatic nitrogens is 2. The van der Waals surface area contributed by atoms with Crippen LogP contribution in [-0.2, 0) is 0 Å². The average molecular weight is 345 g/mol. The van der Waals surface area contributed by atoms with Gasteiger partial charge in [-0.2, -0.15) is 4.98 Å². The van der Waals surface area contributed by atoms with Gasteiger partial charge in [0.1, 0.15) is 11.6 Å². The summed E-state index contributed by atoms with van der Waals surface area (Å²) in [4.78, 5) is 22.1. The number of ether oxygens (including phenoxy) is 1. The molecule has 1 fully saturated rings. The summed E-state index contributed by atoms with van der Waals surface area (Å²) in [5, 5.41) is 5.48. The highest BCUT2D eigenvalue weighted by Crippen LogP contribution is 2.22. The number of carbonyl (C=O) groups excluding carboxylic acids is 1. The van der Waals surface area contributed by atoms with E-state index in [4.69, 9.17) is 4.74 Å². The number of rotatable bonds is 4. The monoisotopic (exact) mass is 345 g/mol. The van der Waals surface area contributed by atoms with Crippen LogP contribution >= 0.6 is 0 Å². The molecule has 2 amide bonds. The van der Waals surface area contributed by atoms with Gasteiger partial charge in [-0.1, -0.05) is 0 Å². The molecule has 2 aromatic rings. The zero-order valence-electron chi connectivity index (χ0n) is 13.9. The van der Waals surface area contributed by atoms with Gasteiger partial charge in [0.15, 0.2) is 0 Å². The van der Waals surface area contributed by atoms with Crippen molar-refractivity contribution >= 4 is 12.0 Å². The van der Waals surface area contributed by atoms with Gasteiger partial charge in [-0.05, 0) is 37.1 Å². The topological polar surface area (TPSA) is 79.4 Å². The van der Waals surface area contributed by atoms with E-state index in [0.29, 0.717) is 17.6 Å². The Hall–Kier alpha value is -2.90. The predicted octanol–water partition coefficient (Wildman–Crippen LogP) is 2.31. The van der Waals surface area contributed by atoms with Crippen LogP contribution < -0.4 is 20.3 Å². The van der Waals surface area contributed by atoms with Crippen molar-refractivity contribution in [3.8, 4) is 11.6 Å². The average Bonchev–Trinajstić information content (AvgIpc) is 2.64. The minimum atomic E-state index is -0.316. The maximum Gasteiger partial charge on any atom is 0.314 e. The fourth-order valence-electron chi connectivity index (χ4n) is 2.65. The molecule has 2 N–H and O–H groups in total. The largest absolute Gasteiger partial charge is 0.439 e. The number of hydrogen-bond acceptors (Lipinski definition) is 5. The molecule has 1 aliphatic heterocycles. The van der Waals surface area contributed by atoms with Crippen LogP contribution in [-0.4, -0.2) is 42.2 Å². The summed E-state index contributed by atoms with van der Waals surface area (Å²) >= 11 is 0. The second-order valence-electron chi connectivity index (χ2n) is 5.74. The molecular weight excluding hydrogens is 325 g/mol. The van der Waals surface area contributed by atoms with Crippen molar-refractivity contribution in [2.24, 2.45) is 0 Å². The maximum absolute atomic E-state index is 12.9. The van der Waals surface area contributed by atoms with Crippen molar-refractivity contribution in [3.05, 3.63) is 42.3 Å². The normalized spacial score (nSPS) is 14.9. The lowest BCUT2D eigenvalue weighted by Crippen LogP contribution is -2.47. The number of carbonyl (C=O) groups is 1. The van der Waals surface area contributed by atoms with Gasteiger partial charge in [0.25, 0.3) is 0 Å². The first-order chi connectivity index (χ1) is 12.1. The quantitative estimate of drug-likeness (QED) is 0.889. The van der Waals surface area contributed by atoms with E-state index in [-0.39, 0.29) is 17.9 Å². The summed E-state index contributed by atoms with van der Waals surface area (Å²) in [7, 11) is 1.60. The second-order valence-corrected chi connectivity index (χ2v) is 5.74. The predicted molar refractivity (Wildman–Crippen MR) is 91.3 cm³/mol. The molecule has 8 heteroatoms. The summed E-state index contributed by atoms with van der Waals surface area (Å²) in [6, 6.07) is 7.41. The van der Waals surface area contributed by atoms with Crippen LogP contribution in [0.4, 0.5) is 15.1 Å². The number of piperidine rings is 1. The van der Waals surface area contributed by atoms with Crippen molar-refractivity contribution in [3.63, 3.8) is 0 Å². The van der Waals surface area contributed by atoms with Gasteiger partial charge in [0, 0.05) is 38.4 Å². The molecule has 132 valence electrons. The molecule has 7 nitrogen and oxygen atoms in total. The number of urea groups is 1. The highest BCUT2D eigenvalue weighted by molar-refractivity contribution is 5.73. The maximum atomic E-state index is 12.9. The lowest BCUT2D eigenvalue weighted by atomic mass is 10.1. The highest BCUT2D eigenvalue weighted by Gasteiger charge is 2.22. The van der Waals surface area contributed by atoms with E-state index in [9.17, 15) is 9.18 Å². The molecule has 0 atom stereocenters.